The van der Waals surface area contributed by atoms with E-state index in [0.717, 1.165) is 18.9 Å². The fourth-order valence-corrected chi connectivity index (χ4v) is 2.65. The highest BCUT2D eigenvalue weighted by atomic mass is 32.1. The van der Waals surface area contributed by atoms with Gasteiger partial charge in [0.1, 0.15) is 10.8 Å². The molecule has 1 aliphatic rings. The molecule has 0 heterocycles. The molecule has 0 aliphatic heterocycles. The largest absolute Gasteiger partial charge is 0.389 e. The number of nitrogens with two attached hydrogens (primary N) is 1. The number of benzene rings is 1. The van der Waals surface area contributed by atoms with E-state index in [1.807, 2.05) is 0 Å². The highest BCUT2D eigenvalue weighted by Crippen LogP contribution is 2.27. The summed E-state index contributed by atoms with van der Waals surface area (Å²) in [6.07, 6.45) is 6.47. The van der Waals surface area contributed by atoms with Gasteiger partial charge in [-0.05, 0) is 30.5 Å². The molecule has 4 heteroatoms. The van der Waals surface area contributed by atoms with Crippen LogP contribution in [0.5, 0.6) is 0 Å². The first kappa shape index (κ1) is 13.3. The van der Waals surface area contributed by atoms with Crippen LogP contribution in [-0.2, 0) is 0 Å². The van der Waals surface area contributed by atoms with Crippen molar-refractivity contribution in [1.29, 1.82) is 0 Å². The van der Waals surface area contributed by atoms with Crippen LogP contribution in [0, 0.1) is 11.7 Å². The van der Waals surface area contributed by atoms with Crippen LogP contribution in [0.15, 0.2) is 18.2 Å². The number of halogens is 1. The van der Waals surface area contributed by atoms with Crippen molar-refractivity contribution in [1.82, 2.24) is 0 Å². The molecule has 0 radical (unpaired) electrons. The molecule has 1 aliphatic carbocycles. The lowest BCUT2D eigenvalue weighted by atomic mass is 10.0. The topological polar surface area (TPSA) is 38.0 Å². The van der Waals surface area contributed by atoms with Crippen molar-refractivity contribution in [2.24, 2.45) is 11.7 Å². The Bertz CT molecular complexity index is 428. The van der Waals surface area contributed by atoms with Crippen molar-refractivity contribution in [3.63, 3.8) is 0 Å². The highest BCUT2D eigenvalue weighted by Gasteiger charge is 2.14. The minimum atomic E-state index is -0.285. The Morgan fingerprint density at radius 1 is 1.39 bits per heavy atom. The standard InChI is InChI=1S/C14H19FN2S/c15-12-9-11(14(16)18)5-6-13(12)17-8-7-10-3-1-2-4-10/h5-6,9-10,17H,1-4,7-8H2,(H2,16,18). The molecular formula is C14H19FN2S. The SMILES string of the molecule is NC(=S)c1ccc(NCCC2CCCC2)c(F)c1. The molecule has 0 amide bonds. The summed E-state index contributed by atoms with van der Waals surface area (Å²) in [4.78, 5) is 0.228. The van der Waals surface area contributed by atoms with Gasteiger partial charge in [-0.1, -0.05) is 37.9 Å². The van der Waals surface area contributed by atoms with Crippen LogP contribution in [0.3, 0.4) is 0 Å². The predicted molar refractivity (Wildman–Crippen MR) is 77.4 cm³/mol. The van der Waals surface area contributed by atoms with Crippen LogP contribution in [0.2, 0.25) is 0 Å². The van der Waals surface area contributed by atoms with Crippen LogP contribution in [0.25, 0.3) is 0 Å². The zero-order valence-electron chi connectivity index (χ0n) is 10.4. The monoisotopic (exact) mass is 266 g/mol. The maximum atomic E-state index is 13.7. The third kappa shape index (κ3) is 3.42. The van der Waals surface area contributed by atoms with E-state index >= 15 is 0 Å². The first-order chi connectivity index (χ1) is 8.66. The first-order valence-electron chi connectivity index (χ1n) is 6.50. The van der Waals surface area contributed by atoms with E-state index in [1.165, 1.54) is 31.7 Å². The molecule has 18 heavy (non-hydrogen) atoms. The average Bonchev–Trinajstić information content (AvgIpc) is 2.84. The third-order valence-electron chi connectivity index (χ3n) is 3.60. The van der Waals surface area contributed by atoms with E-state index in [9.17, 15) is 4.39 Å². The zero-order valence-corrected chi connectivity index (χ0v) is 11.2. The lowest BCUT2D eigenvalue weighted by Gasteiger charge is -2.12. The quantitative estimate of drug-likeness (QED) is 0.802. The molecule has 0 spiro atoms. The second-order valence-corrected chi connectivity index (χ2v) is 5.36. The summed E-state index contributed by atoms with van der Waals surface area (Å²) < 4.78 is 13.7. The molecule has 3 N–H and O–H groups in total. The molecule has 98 valence electrons. The summed E-state index contributed by atoms with van der Waals surface area (Å²) in [6, 6.07) is 4.85. The van der Waals surface area contributed by atoms with Gasteiger partial charge in [0.05, 0.1) is 5.69 Å². The lowest BCUT2D eigenvalue weighted by Crippen LogP contribution is -2.11. The average molecular weight is 266 g/mol. The van der Waals surface area contributed by atoms with Gasteiger partial charge in [-0.15, -0.1) is 0 Å². The second kappa shape index (κ2) is 6.14. The lowest BCUT2D eigenvalue weighted by molar-refractivity contribution is 0.517. The molecule has 0 bridgehead atoms. The van der Waals surface area contributed by atoms with Crippen LogP contribution in [0.4, 0.5) is 10.1 Å². The molecule has 0 saturated heterocycles. The molecule has 1 aromatic rings. The molecule has 1 aromatic carbocycles. The van der Waals surface area contributed by atoms with E-state index < -0.39 is 0 Å². The smallest absolute Gasteiger partial charge is 0.146 e. The van der Waals surface area contributed by atoms with Crippen LogP contribution in [-0.4, -0.2) is 11.5 Å². The Morgan fingerprint density at radius 2 is 2.11 bits per heavy atom. The fourth-order valence-electron chi connectivity index (χ4n) is 2.52. The van der Waals surface area contributed by atoms with Gasteiger partial charge in [0.2, 0.25) is 0 Å². The number of hydrogen-bond donors (Lipinski definition) is 2. The number of nitrogens with one attached hydrogen (secondary N) is 1. The van der Waals surface area contributed by atoms with E-state index in [2.05, 4.69) is 5.32 Å². The minimum Gasteiger partial charge on any atom is -0.389 e. The molecule has 0 atom stereocenters. The van der Waals surface area contributed by atoms with Gasteiger partial charge in [-0.25, -0.2) is 4.39 Å². The van der Waals surface area contributed by atoms with Gasteiger partial charge in [0, 0.05) is 12.1 Å². The van der Waals surface area contributed by atoms with Crippen molar-refractivity contribution in [3.8, 4) is 0 Å². The third-order valence-corrected chi connectivity index (χ3v) is 3.83. The summed E-state index contributed by atoms with van der Waals surface area (Å²) >= 11 is 4.82. The van der Waals surface area contributed by atoms with Crippen LogP contribution < -0.4 is 11.1 Å². The molecule has 1 saturated carbocycles. The highest BCUT2D eigenvalue weighted by molar-refractivity contribution is 7.80. The summed E-state index contributed by atoms with van der Waals surface area (Å²) in [5.74, 6) is 0.531. The van der Waals surface area contributed by atoms with E-state index in [-0.39, 0.29) is 10.8 Å². The normalized spacial score (nSPS) is 15.8. The van der Waals surface area contributed by atoms with E-state index in [1.54, 1.807) is 12.1 Å². The predicted octanol–water partition coefficient (Wildman–Crippen LogP) is 3.45. The number of rotatable bonds is 5. The summed E-state index contributed by atoms with van der Waals surface area (Å²) in [5, 5.41) is 3.15. The molecule has 0 aromatic heterocycles. The molecular weight excluding hydrogens is 247 g/mol. The Labute approximate surface area is 113 Å². The fraction of sp³-hybridized carbons (Fsp3) is 0.500. The first-order valence-corrected chi connectivity index (χ1v) is 6.91. The molecule has 1 fully saturated rings. The molecule has 0 unspecified atom stereocenters. The molecule has 2 nitrogen and oxygen atoms in total. The zero-order chi connectivity index (χ0) is 13.0. The van der Waals surface area contributed by atoms with Crippen molar-refractivity contribution < 1.29 is 4.39 Å². The van der Waals surface area contributed by atoms with Crippen molar-refractivity contribution >= 4 is 22.9 Å². The van der Waals surface area contributed by atoms with Gasteiger partial charge in [-0.3, -0.25) is 0 Å². The Morgan fingerprint density at radius 3 is 2.72 bits per heavy atom. The Kier molecular flexibility index (Phi) is 4.53. The van der Waals surface area contributed by atoms with Crippen LogP contribution in [0.1, 0.15) is 37.7 Å². The Hall–Kier alpha value is -1.16. The summed E-state index contributed by atoms with van der Waals surface area (Å²) in [6.45, 7) is 0.827. The second-order valence-electron chi connectivity index (χ2n) is 4.92. The van der Waals surface area contributed by atoms with Crippen molar-refractivity contribution in [2.75, 3.05) is 11.9 Å². The van der Waals surface area contributed by atoms with Crippen molar-refractivity contribution in [2.45, 2.75) is 32.1 Å². The number of anilines is 1. The maximum absolute atomic E-state index is 13.7. The maximum Gasteiger partial charge on any atom is 0.146 e. The summed E-state index contributed by atoms with van der Waals surface area (Å²) in [5.41, 5.74) is 6.57. The van der Waals surface area contributed by atoms with Gasteiger partial charge >= 0.3 is 0 Å². The minimum absolute atomic E-state index is 0.228. The molecule has 2 rings (SSSR count). The van der Waals surface area contributed by atoms with E-state index in [0.29, 0.717) is 11.3 Å². The van der Waals surface area contributed by atoms with Gasteiger partial charge in [0.15, 0.2) is 0 Å². The van der Waals surface area contributed by atoms with Gasteiger partial charge in [0.25, 0.3) is 0 Å². The van der Waals surface area contributed by atoms with Gasteiger partial charge < -0.3 is 11.1 Å². The van der Waals surface area contributed by atoms with Crippen LogP contribution >= 0.6 is 12.2 Å². The summed E-state index contributed by atoms with van der Waals surface area (Å²) in [7, 11) is 0. The number of hydrogen-bond acceptors (Lipinski definition) is 2. The van der Waals surface area contributed by atoms with E-state index in [4.69, 9.17) is 18.0 Å². The Balaban J connectivity index is 1.87. The van der Waals surface area contributed by atoms with Gasteiger partial charge in [-0.2, -0.15) is 0 Å². The number of thiocarbonyl (C=S) groups is 1. The van der Waals surface area contributed by atoms with Crippen molar-refractivity contribution in [3.05, 3.63) is 29.6 Å².